The molecule has 0 radical (unpaired) electrons. The number of aliphatic carboxylic acids is 1. The van der Waals surface area contributed by atoms with Crippen LogP contribution in [0.15, 0.2) is 24.3 Å². The fourth-order valence-electron chi connectivity index (χ4n) is 2.66. The van der Waals surface area contributed by atoms with E-state index in [-0.39, 0.29) is 18.0 Å². The van der Waals surface area contributed by atoms with Crippen molar-refractivity contribution in [2.24, 2.45) is 0 Å². The van der Waals surface area contributed by atoms with Crippen LogP contribution in [0.3, 0.4) is 0 Å². The zero-order valence-corrected chi connectivity index (χ0v) is 12.6. The second-order valence-corrected chi connectivity index (χ2v) is 5.29. The Morgan fingerprint density at radius 1 is 1.46 bits per heavy atom. The summed E-state index contributed by atoms with van der Waals surface area (Å²) in [7, 11) is -1.21. The van der Waals surface area contributed by atoms with Crippen molar-refractivity contribution in [3.8, 4) is 17.7 Å². The Labute approximate surface area is 137 Å². The maximum absolute atomic E-state index is 10.9. The van der Waals surface area contributed by atoms with Crippen LogP contribution >= 0.6 is 0 Å². The molecule has 0 saturated carbocycles. The van der Waals surface area contributed by atoms with Gasteiger partial charge in [0.15, 0.2) is 5.69 Å². The third-order valence-electron chi connectivity index (χ3n) is 3.61. The van der Waals surface area contributed by atoms with Gasteiger partial charge in [-0.05, 0) is 41.7 Å². The molecular weight excluding hydrogens is 313 g/mol. The minimum Gasteiger partial charge on any atom is -0.481 e. The molecule has 24 heavy (non-hydrogen) atoms. The molecule has 0 saturated heterocycles. The van der Waals surface area contributed by atoms with Crippen molar-refractivity contribution in [1.29, 1.82) is 5.26 Å². The Morgan fingerprint density at radius 2 is 2.25 bits per heavy atom. The van der Waals surface area contributed by atoms with E-state index < -0.39 is 19.2 Å². The molecule has 9 heteroatoms. The van der Waals surface area contributed by atoms with E-state index in [9.17, 15) is 9.82 Å². The van der Waals surface area contributed by atoms with Gasteiger partial charge >= 0.3 is 13.1 Å². The number of carboxylic acids is 1. The molecule has 1 aliphatic rings. The average Bonchev–Trinajstić information content (AvgIpc) is 2.84. The first kappa shape index (κ1) is 15.9. The lowest BCUT2D eigenvalue weighted by Crippen LogP contribution is -2.28. The average molecular weight is 325 g/mol. The summed E-state index contributed by atoms with van der Waals surface area (Å²) in [5, 5.41) is 35.1. The molecule has 120 valence electrons. The Hall–Kier alpha value is -2.96. The van der Waals surface area contributed by atoms with Gasteiger partial charge in [-0.3, -0.25) is 4.79 Å². The zero-order valence-electron chi connectivity index (χ0n) is 12.6. The summed E-state index contributed by atoms with van der Waals surface area (Å²) in [6.45, 7) is 1.78. The molecule has 1 aromatic carbocycles. The van der Waals surface area contributed by atoms with Gasteiger partial charge in [-0.2, -0.15) is 5.26 Å². The van der Waals surface area contributed by atoms with E-state index >= 15 is 0 Å². The highest BCUT2D eigenvalue weighted by Gasteiger charge is 2.37. The molecule has 0 amide bonds. The number of aromatic nitrogens is 2. The topological polar surface area (TPSA) is 126 Å². The Kier molecular flexibility index (Phi) is 4.16. The smallest absolute Gasteiger partial charge is 0.481 e. The number of hydrogen-bond donors (Lipinski definition) is 2. The van der Waals surface area contributed by atoms with Gasteiger partial charge in [0.05, 0.1) is 12.5 Å². The summed E-state index contributed by atoms with van der Waals surface area (Å²) in [5.74, 6) is -0.402. The predicted octanol–water partition coefficient (Wildman–Crippen LogP) is 0.682. The summed E-state index contributed by atoms with van der Waals surface area (Å²) in [4.78, 5) is 10.9. The van der Waals surface area contributed by atoms with E-state index in [2.05, 4.69) is 10.2 Å². The molecule has 2 heterocycles. The van der Waals surface area contributed by atoms with Gasteiger partial charge in [0.2, 0.25) is 5.88 Å². The largest absolute Gasteiger partial charge is 0.492 e. The van der Waals surface area contributed by atoms with Gasteiger partial charge in [-0.1, -0.05) is 0 Å². The van der Waals surface area contributed by atoms with Gasteiger partial charge in [0.25, 0.3) is 0 Å². The molecule has 1 aliphatic heterocycles. The summed E-state index contributed by atoms with van der Waals surface area (Å²) < 4.78 is 10.9. The highest BCUT2D eigenvalue weighted by Crippen LogP contribution is 2.32. The molecule has 2 aromatic rings. The van der Waals surface area contributed by atoms with Crippen molar-refractivity contribution in [2.45, 2.75) is 19.4 Å². The second-order valence-electron chi connectivity index (χ2n) is 5.29. The van der Waals surface area contributed by atoms with Crippen molar-refractivity contribution < 1.29 is 24.3 Å². The molecule has 1 atom stereocenters. The first-order chi connectivity index (χ1) is 11.5. The van der Waals surface area contributed by atoms with Crippen LogP contribution < -0.4 is 10.2 Å². The fraction of sp³-hybridized carbons (Fsp3) is 0.200. The van der Waals surface area contributed by atoms with Crippen LogP contribution in [-0.2, 0) is 9.45 Å². The number of nitrogens with zero attached hydrogens (tertiary/aromatic N) is 3. The summed E-state index contributed by atoms with van der Waals surface area (Å²) >= 11 is 0. The van der Waals surface area contributed by atoms with Crippen LogP contribution in [0.1, 0.15) is 29.3 Å². The number of aryl methyl sites for hydroxylation is 1. The van der Waals surface area contributed by atoms with Crippen molar-refractivity contribution in [1.82, 2.24) is 10.2 Å². The number of nitriles is 1. The maximum Gasteiger partial charge on any atom is 0.492 e. The van der Waals surface area contributed by atoms with E-state index in [0.717, 1.165) is 5.56 Å². The van der Waals surface area contributed by atoms with Gasteiger partial charge in [-0.25, -0.2) is 0 Å². The minimum atomic E-state index is -1.21. The van der Waals surface area contributed by atoms with Crippen molar-refractivity contribution in [3.63, 3.8) is 0 Å². The lowest BCUT2D eigenvalue weighted by Gasteiger charge is -2.13. The SMILES string of the molecule is Cc1cc(Oc2ccc(C#N)nn2)cc2c1C(CC(=O)O)OB2O. The van der Waals surface area contributed by atoms with Gasteiger partial charge in [0.1, 0.15) is 11.8 Å². The molecular formula is C15H12BN3O5. The lowest BCUT2D eigenvalue weighted by molar-refractivity contribution is -0.138. The molecule has 0 bridgehead atoms. The maximum atomic E-state index is 10.9. The molecule has 0 aliphatic carbocycles. The van der Waals surface area contributed by atoms with Crippen LogP contribution in [0.5, 0.6) is 11.6 Å². The second kappa shape index (κ2) is 6.27. The Morgan fingerprint density at radius 3 is 2.88 bits per heavy atom. The van der Waals surface area contributed by atoms with Crippen LogP contribution in [0.4, 0.5) is 0 Å². The quantitative estimate of drug-likeness (QED) is 0.786. The Bertz CT molecular complexity index is 834. The van der Waals surface area contributed by atoms with Gasteiger partial charge in [0, 0.05) is 6.07 Å². The third kappa shape index (κ3) is 3.06. The van der Waals surface area contributed by atoms with E-state index in [1.54, 1.807) is 19.1 Å². The molecule has 1 aromatic heterocycles. The van der Waals surface area contributed by atoms with Crippen molar-refractivity contribution in [2.75, 3.05) is 0 Å². The first-order valence-corrected chi connectivity index (χ1v) is 7.09. The summed E-state index contributed by atoms with van der Waals surface area (Å²) in [5.41, 5.74) is 2.04. The van der Waals surface area contributed by atoms with Crippen molar-refractivity contribution in [3.05, 3.63) is 41.1 Å². The third-order valence-corrected chi connectivity index (χ3v) is 3.61. The first-order valence-electron chi connectivity index (χ1n) is 7.09. The number of rotatable bonds is 4. The standard InChI is InChI=1S/C15H12BN3O5/c1-8-4-10(23-13-3-2-9(7-17)18-19-13)5-11-15(8)12(6-14(20)21)24-16(11)22/h2-5,12,22H,6H2,1H3,(H,20,21). The summed E-state index contributed by atoms with van der Waals surface area (Å²) in [6, 6.07) is 8.13. The van der Waals surface area contributed by atoms with Crippen molar-refractivity contribution >= 4 is 18.6 Å². The monoisotopic (exact) mass is 325 g/mol. The fourth-order valence-corrected chi connectivity index (χ4v) is 2.66. The van der Waals surface area contributed by atoms with Crippen LogP contribution in [0.25, 0.3) is 0 Å². The molecule has 1 unspecified atom stereocenters. The lowest BCUT2D eigenvalue weighted by atomic mass is 9.77. The van der Waals surface area contributed by atoms with Crippen LogP contribution in [0.2, 0.25) is 0 Å². The predicted molar refractivity (Wildman–Crippen MR) is 81.7 cm³/mol. The number of carboxylic acid groups (broad SMARTS) is 1. The molecule has 0 spiro atoms. The minimum absolute atomic E-state index is 0.174. The number of carbonyl (C=O) groups is 1. The van der Waals surface area contributed by atoms with Gasteiger partial charge < -0.3 is 19.5 Å². The van der Waals surface area contributed by atoms with E-state index in [1.165, 1.54) is 12.1 Å². The number of hydrogen-bond acceptors (Lipinski definition) is 7. The molecule has 3 rings (SSSR count). The number of ether oxygens (including phenoxy) is 1. The summed E-state index contributed by atoms with van der Waals surface area (Å²) in [6.07, 6.45) is -0.928. The highest BCUT2D eigenvalue weighted by molar-refractivity contribution is 6.62. The van der Waals surface area contributed by atoms with E-state index in [4.69, 9.17) is 19.8 Å². The zero-order chi connectivity index (χ0) is 17.3. The van der Waals surface area contributed by atoms with E-state index in [1.807, 2.05) is 6.07 Å². The molecule has 0 fully saturated rings. The molecule has 2 N–H and O–H groups in total. The number of benzene rings is 1. The van der Waals surface area contributed by atoms with E-state index in [0.29, 0.717) is 16.8 Å². The highest BCUT2D eigenvalue weighted by atomic mass is 16.5. The molecule has 8 nitrogen and oxygen atoms in total. The van der Waals surface area contributed by atoms with Gasteiger partial charge in [-0.15, -0.1) is 10.2 Å². The normalized spacial score (nSPS) is 15.7. The van der Waals surface area contributed by atoms with Crippen LogP contribution in [0, 0.1) is 18.3 Å². The van der Waals surface area contributed by atoms with Crippen LogP contribution in [-0.4, -0.2) is 33.4 Å². The Balaban J connectivity index is 1.89. The number of fused-ring (bicyclic) bond motifs is 1.